The van der Waals surface area contributed by atoms with Gasteiger partial charge < -0.3 is 19.9 Å². The smallest absolute Gasteiger partial charge is 0.355 e. The largest absolute Gasteiger partial charge is 0.495 e. The molecule has 0 fully saturated rings. The number of hydrogen-bond donors (Lipinski definition) is 1. The molecular weight excluding hydrogens is 548 g/mol. The van der Waals surface area contributed by atoms with E-state index in [1.165, 1.54) is 31.0 Å². The van der Waals surface area contributed by atoms with E-state index in [4.69, 9.17) is 31.5 Å². The number of benzene rings is 3. The average molecular weight is 571 g/mol. The lowest BCUT2D eigenvalue weighted by molar-refractivity contribution is -0.139. The molecule has 0 saturated heterocycles. The van der Waals surface area contributed by atoms with E-state index in [2.05, 4.69) is 16.3 Å². The number of nitrogens with two attached hydrogens (primary N) is 1. The number of carbonyl (C=O) groups is 2. The topological polar surface area (TPSA) is 146 Å². The van der Waals surface area contributed by atoms with Gasteiger partial charge in [-0.2, -0.15) is 10.1 Å². The second kappa shape index (κ2) is 11.0. The molecule has 0 spiro atoms. The van der Waals surface area contributed by atoms with E-state index in [1.807, 2.05) is 0 Å². The Bertz CT molecular complexity index is 1790. The molecule has 0 saturated carbocycles. The van der Waals surface area contributed by atoms with E-state index in [0.717, 1.165) is 0 Å². The number of methoxy groups -OCH3 is 3. The van der Waals surface area contributed by atoms with Gasteiger partial charge in [0.2, 0.25) is 0 Å². The quantitative estimate of drug-likeness (QED) is 0.338. The number of halogens is 1. The molecule has 2 N–H and O–H groups in total. The molecule has 4 aromatic rings. The fourth-order valence-corrected chi connectivity index (χ4v) is 4.97. The molecule has 0 aliphatic carbocycles. The summed E-state index contributed by atoms with van der Waals surface area (Å²) in [4.78, 5) is 29.2. The standard InChI is InChI=1S/C29H23ClN6O5/c1-39-23-12-10-18(13-20(23)30)36-33-21-11-9-17(14-22(21)34-36)35-26(29(38)41-3)25(28(37)40-2)24(19(15-31)27(35)32)16-7-5-4-6-8-16/h4-14,24H,32H2,1-3H3. The van der Waals surface area contributed by atoms with Gasteiger partial charge in [-0.1, -0.05) is 41.9 Å². The molecule has 12 heteroatoms. The van der Waals surface area contributed by atoms with E-state index in [-0.39, 0.29) is 22.7 Å². The van der Waals surface area contributed by atoms with Crippen molar-refractivity contribution < 1.29 is 23.8 Å². The summed E-state index contributed by atoms with van der Waals surface area (Å²) in [5, 5.41) is 19.7. The normalized spacial score (nSPS) is 15.1. The average Bonchev–Trinajstić information content (AvgIpc) is 3.43. The van der Waals surface area contributed by atoms with Gasteiger partial charge in [0.05, 0.1) is 60.9 Å². The van der Waals surface area contributed by atoms with Crippen LogP contribution >= 0.6 is 11.6 Å². The molecule has 3 aromatic carbocycles. The zero-order valence-electron chi connectivity index (χ0n) is 22.2. The molecule has 41 heavy (non-hydrogen) atoms. The lowest BCUT2D eigenvalue weighted by atomic mass is 9.81. The summed E-state index contributed by atoms with van der Waals surface area (Å²) in [6, 6.07) is 21.0. The molecule has 1 unspecified atom stereocenters. The number of esters is 2. The second-order valence-electron chi connectivity index (χ2n) is 8.82. The summed E-state index contributed by atoms with van der Waals surface area (Å²) in [5.74, 6) is -2.17. The van der Waals surface area contributed by atoms with Crippen molar-refractivity contribution in [2.24, 2.45) is 5.73 Å². The minimum atomic E-state index is -0.969. The SMILES string of the molecule is COC(=O)C1=C(C(=O)OC)N(c2ccc3nn(-c4ccc(OC)c(Cl)c4)nc3c2)C(N)=C(C#N)C1c1ccccc1. The van der Waals surface area contributed by atoms with Gasteiger partial charge in [-0.3, -0.25) is 4.90 Å². The van der Waals surface area contributed by atoms with Crippen LogP contribution in [0, 0.1) is 11.3 Å². The molecule has 1 aromatic heterocycles. The zero-order valence-corrected chi connectivity index (χ0v) is 22.9. The number of nitrogens with zero attached hydrogens (tertiary/aromatic N) is 5. The monoisotopic (exact) mass is 570 g/mol. The van der Waals surface area contributed by atoms with Crippen molar-refractivity contribution in [1.82, 2.24) is 15.0 Å². The first-order chi connectivity index (χ1) is 19.8. The van der Waals surface area contributed by atoms with Gasteiger partial charge in [0, 0.05) is 0 Å². The molecular formula is C29H23ClN6O5. The highest BCUT2D eigenvalue weighted by molar-refractivity contribution is 6.32. The van der Waals surface area contributed by atoms with Crippen LogP contribution in [-0.4, -0.2) is 48.3 Å². The number of allylic oxidation sites excluding steroid dienone is 1. The number of anilines is 1. The molecule has 0 bridgehead atoms. The maximum atomic E-state index is 13.3. The van der Waals surface area contributed by atoms with Gasteiger partial charge in [0.1, 0.15) is 28.3 Å². The molecule has 5 rings (SSSR count). The highest BCUT2D eigenvalue weighted by Crippen LogP contribution is 2.43. The molecule has 1 atom stereocenters. The van der Waals surface area contributed by atoms with Crippen molar-refractivity contribution in [3.63, 3.8) is 0 Å². The third-order valence-electron chi connectivity index (χ3n) is 6.60. The molecule has 0 radical (unpaired) electrons. The minimum Gasteiger partial charge on any atom is -0.495 e. The van der Waals surface area contributed by atoms with Gasteiger partial charge in [-0.25, -0.2) is 9.59 Å². The molecule has 1 aliphatic rings. The van der Waals surface area contributed by atoms with Crippen molar-refractivity contribution in [3.8, 4) is 17.5 Å². The number of hydrogen-bond acceptors (Lipinski definition) is 10. The Morgan fingerprint density at radius 1 is 0.927 bits per heavy atom. The van der Waals surface area contributed by atoms with Gasteiger partial charge in [-0.15, -0.1) is 10.2 Å². The van der Waals surface area contributed by atoms with E-state index in [1.54, 1.807) is 66.7 Å². The summed E-state index contributed by atoms with van der Waals surface area (Å²) in [6.45, 7) is 0. The predicted molar refractivity (Wildman–Crippen MR) is 150 cm³/mol. The third-order valence-corrected chi connectivity index (χ3v) is 6.89. The Kier molecular flexibility index (Phi) is 7.33. The lowest BCUT2D eigenvalue weighted by Gasteiger charge is -2.35. The van der Waals surface area contributed by atoms with Crippen LogP contribution < -0.4 is 15.4 Å². The van der Waals surface area contributed by atoms with Gasteiger partial charge in [0.25, 0.3) is 0 Å². The first-order valence-electron chi connectivity index (χ1n) is 12.2. The van der Waals surface area contributed by atoms with E-state index in [9.17, 15) is 14.9 Å². The first-order valence-corrected chi connectivity index (χ1v) is 12.6. The van der Waals surface area contributed by atoms with Crippen LogP contribution in [0.3, 0.4) is 0 Å². The third kappa shape index (κ3) is 4.70. The zero-order chi connectivity index (χ0) is 29.3. The summed E-state index contributed by atoms with van der Waals surface area (Å²) in [7, 11) is 3.90. The number of aromatic nitrogens is 3. The van der Waals surface area contributed by atoms with Crippen LogP contribution in [-0.2, 0) is 19.1 Å². The number of nitriles is 1. The Labute approximate surface area is 239 Å². The number of ether oxygens (including phenoxy) is 3. The molecule has 11 nitrogen and oxygen atoms in total. The molecule has 1 aliphatic heterocycles. The maximum Gasteiger partial charge on any atom is 0.355 e. The van der Waals surface area contributed by atoms with Gasteiger partial charge in [0.15, 0.2) is 0 Å². The fourth-order valence-electron chi connectivity index (χ4n) is 4.72. The van der Waals surface area contributed by atoms with Gasteiger partial charge >= 0.3 is 11.9 Å². The molecule has 206 valence electrons. The first kappa shape index (κ1) is 27.2. The number of rotatable bonds is 6. The van der Waals surface area contributed by atoms with E-state index in [0.29, 0.717) is 38.7 Å². The summed E-state index contributed by atoms with van der Waals surface area (Å²) >= 11 is 6.28. The summed E-state index contributed by atoms with van der Waals surface area (Å²) in [5.41, 5.74) is 8.84. The number of carbonyl (C=O) groups excluding carboxylic acids is 2. The van der Waals surface area contributed by atoms with E-state index >= 15 is 0 Å². The van der Waals surface area contributed by atoms with Crippen LogP contribution in [0.5, 0.6) is 5.75 Å². The van der Waals surface area contributed by atoms with Crippen molar-refractivity contribution in [1.29, 1.82) is 5.26 Å². The molecule has 0 amide bonds. The van der Waals surface area contributed by atoms with Crippen molar-refractivity contribution in [3.05, 3.63) is 100.0 Å². The van der Waals surface area contributed by atoms with Crippen LogP contribution in [0.2, 0.25) is 5.02 Å². The predicted octanol–water partition coefficient (Wildman–Crippen LogP) is 3.98. The Hall–Kier alpha value is -5.34. The molecule has 2 heterocycles. The minimum absolute atomic E-state index is 0.0527. The van der Waals surface area contributed by atoms with Crippen LogP contribution in [0.15, 0.2) is 89.4 Å². The summed E-state index contributed by atoms with van der Waals surface area (Å²) in [6.07, 6.45) is 0. The lowest BCUT2D eigenvalue weighted by Crippen LogP contribution is -2.40. The highest BCUT2D eigenvalue weighted by atomic mass is 35.5. The second-order valence-corrected chi connectivity index (χ2v) is 9.22. The van der Waals surface area contributed by atoms with Crippen molar-refractivity contribution in [2.45, 2.75) is 5.92 Å². The Morgan fingerprint density at radius 2 is 1.61 bits per heavy atom. The van der Waals surface area contributed by atoms with Crippen LogP contribution in [0.4, 0.5) is 5.69 Å². The van der Waals surface area contributed by atoms with E-state index < -0.39 is 17.9 Å². The van der Waals surface area contributed by atoms with Crippen molar-refractivity contribution >= 4 is 40.3 Å². The Balaban J connectivity index is 1.71. The Morgan fingerprint density at radius 3 is 2.24 bits per heavy atom. The van der Waals surface area contributed by atoms with Crippen LogP contribution in [0.25, 0.3) is 16.7 Å². The van der Waals surface area contributed by atoms with Crippen molar-refractivity contribution in [2.75, 3.05) is 26.2 Å². The van der Waals surface area contributed by atoms with Crippen LogP contribution in [0.1, 0.15) is 11.5 Å². The highest BCUT2D eigenvalue weighted by Gasteiger charge is 2.43. The fraction of sp³-hybridized carbons (Fsp3) is 0.138. The maximum absolute atomic E-state index is 13.3. The van der Waals surface area contributed by atoms with Gasteiger partial charge in [-0.05, 0) is 42.0 Å². The summed E-state index contributed by atoms with van der Waals surface area (Å²) < 4.78 is 15.4. The number of fused-ring (bicyclic) bond motifs is 1.